The number of anilines is 2. The summed E-state index contributed by atoms with van der Waals surface area (Å²) >= 11 is 0. The third-order valence-corrected chi connectivity index (χ3v) is 4.29. The molecule has 0 bridgehead atoms. The third-order valence-electron chi connectivity index (χ3n) is 4.29. The molecule has 0 amide bonds. The zero-order valence-electron chi connectivity index (χ0n) is 15.1. The average Bonchev–Trinajstić information content (AvgIpc) is 3.22. The molecule has 0 atom stereocenters. The van der Waals surface area contributed by atoms with Crippen molar-refractivity contribution in [3.05, 3.63) is 95.6 Å². The number of nitrogens with zero attached hydrogens (tertiary/aromatic N) is 2. The smallest absolute Gasteiger partial charge is 0.150 e. The first-order valence-corrected chi connectivity index (χ1v) is 8.76. The number of benzene rings is 2. The second-order valence-corrected chi connectivity index (χ2v) is 6.44. The summed E-state index contributed by atoms with van der Waals surface area (Å²) in [5.41, 5.74) is 2.29. The first-order chi connectivity index (χ1) is 13.6. The number of hydrogen-bond acceptors (Lipinski definition) is 4. The first-order valence-electron chi connectivity index (χ1n) is 8.76. The predicted octanol–water partition coefficient (Wildman–Crippen LogP) is 5.66. The summed E-state index contributed by atoms with van der Waals surface area (Å²) in [6.45, 7) is 2.02. The lowest BCUT2D eigenvalue weighted by Gasteiger charge is -2.10. The molecule has 0 radical (unpaired) electrons. The van der Waals surface area contributed by atoms with Crippen LogP contribution in [0, 0.1) is 18.6 Å². The number of rotatable bonds is 5. The topological polar surface area (TPSA) is 51.0 Å². The van der Waals surface area contributed by atoms with Crippen molar-refractivity contribution in [1.29, 1.82) is 0 Å². The van der Waals surface area contributed by atoms with E-state index >= 15 is 0 Å². The first kappa shape index (κ1) is 17.9. The minimum absolute atomic E-state index is 0.268. The fourth-order valence-electron chi connectivity index (χ4n) is 2.85. The molecular weight excluding hydrogens is 360 g/mol. The third kappa shape index (κ3) is 3.91. The Kier molecular flexibility index (Phi) is 4.85. The molecule has 0 unspecified atom stereocenters. The summed E-state index contributed by atoms with van der Waals surface area (Å²) in [6, 6.07) is 15.4. The quantitative estimate of drug-likeness (QED) is 0.488. The van der Waals surface area contributed by atoms with Crippen molar-refractivity contribution in [2.45, 2.75) is 13.3 Å². The highest BCUT2D eigenvalue weighted by Crippen LogP contribution is 2.29. The Bertz CT molecular complexity index is 1070. The van der Waals surface area contributed by atoms with Gasteiger partial charge in [-0.1, -0.05) is 29.8 Å². The minimum Gasteiger partial charge on any atom is -0.464 e. The van der Waals surface area contributed by atoms with Gasteiger partial charge in [0.2, 0.25) is 0 Å². The molecule has 0 saturated heterocycles. The van der Waals surface area contributed by atoms with Crippen LogP contribution < -0.4 is 5.32 Å². The second kappa shape index (κ2) is 7.60. The van der Waals surface area contributed by atoms with Gasteiger partial charge >= 0.3 is 0 Å². The monoisotopic (exact) mass is 377 g/mol. The number of nitrogens with one attached hydrogen (secondary N) is 1. The molecule has 28 heavy (non-hydrogen) atoms. The molecule has 2 aromatic carbocycles. The van der Waals surface area contributed by atoms with Crippen LogP contribution in [-0.2, 0) is 6.42 Å². The molecule has 1 N–H and O–H groups in total. The van der Waals surface area contributed by atoms with Gasteiger partial charge in [0, 0.05) is 18.2 Å². The maximum Gasteiger partial charge on any atom is 0.150 e. The lowest BCUT2D eigenvalue weighted by atomic mass is 10.1. The van der Waals surface area contributed by atoms with E-state index in [1.165, 1.54) is 24.0 Å². The molecule has 4 rings (SSSR count). The molecule has 2 heterocycles. The van der Waals surface area contributed by atoms with Gasteiger partial charge in [-0.25, -0.2) is 18.7 Å². The van der Waals surface area contributed by atoms with Crippen molar-refractivity contribution in [2.24, 2.45) is 0 Å². The van der Waals surface area contributed by atoms with Crippen LogP contribution >= 0.6 is 0 Å². The van der Waals surface area contributed by atoms with Crippen LogP contribution in [0.2, 0.25) is 0 Å². The minimum atomic E-state index is -0.731. The van der Waals surface area contributed by atoms with Gasteiger partial charge in [-0.2, -0.15) is 0 Å². The Labute approximate surface area is 160 Å². The van der Waals surface area contributed by atoms with Crippen LogP contribution in [0.1, 0.15) is 17.0 Å². The maximum absolute atomic E-state index is 14.5. The zero-order valence-corrected chi connectivity index (χ0v) is 15.1. The SMILES string of the molecule is Cc1ccc(Cc2nccc(Nc3c(F)cc(-c4ccco4)cc3F)n2)cc1. The van der Waals surface area contributed by atoms with Crippen LogP contribution in [0.4, 0.5) is 20.3 Å². The van der Waals surface area contributed by atoms with Crippen molar-refractivity contribution in [3.8, 4) is 11.3 Å². The Hall–Kier alpha value is -3.54. The van der Waals surface area contributed by atoms with Gasteiger partial charge in [-0.05, 0) is 42.8 Å². The molecule has 0 fully saturated rings. The number of aryl methyl sites for hydroxylation is 1. The van der Waals surface area contributed by atoms with Crippen molar-refractivity contribution < 1.29 is 13.2 Å². The molecule has 0 aliphatic heterocycles. The van der Waals surface area contributed by atoms with Crippen LogP contribution in [0.3, 0.4) is 0 Å². The summed E-state index contributed by atoms with van der Waals surface area (Å²) in [7, 11) is 0. The van der Waals surface area contributed by atoms with Crippen molar-refractivity contribution in [1.82, 2.24) is 9.97 Å². The van der Waals surface area contributed by atoms with E-state index < -0.39 is 11.6 Å². The van der Waals surface area contributed by atoms with Crippen molar-refractivity contribution >= 4 is 11.5 Å². The number of hydrogen-bond donors (Lipinski definition) is 1. The van der Waals surface area contributed by atoms with E-state index in [2.05, 4.69) is 15.3 Å². The highest BCUT2D eigenvalue weighted by atomic mass is 19.1. The van der Waals surface area contributed by atoms with Crippen LogP contribution in [0.25, 0.3) is 11.3 Å². The maximum atomic E-state index is 14.5. The molecule has 4 aromatic rings. The number of aromatic nitrogens is 2. The van der Waals surface area contributed by atoms with Gasteiger partial charge in [0.15, 0.2) is 0 Å². The fraction of sp³-hybridized carbons (Fsp3) is 0.0909. The van der Waals surface area contributed by atoms with Gasteiger partial charge < -0.3 is 9.73 Å². The van der Waals surface area contributed by atoms with E-state index in [4.69, 9.17) is 4.42 Å². The van der Waals surface area contributed by atoms with Crippen LogP contribution in [-0.4, -0.2) is 9.97 Å². The highest BCUT2D eigenvalue weighted by molar-refractivity contribution is 5.65. The number of furan rings is 1. The van der Waals surface area contributed by atoms with E-state index in [-0.39, 0.29) is 5.69 Å². The largest absolute Gasteiger partial charge is 0.464 e. The molecule has 4 nitrogen and oxygen atoms in total. The summed E-state index contributed by atoms with van der Waals surface area (Å²) in [5, 5.41) is 2.72. The standard InChI is InChI=1S/C22H17F2N3O/c1-14-4-6-15(7-5-14)11-21-25-9-8-20(26-21)27-22-17(23)12-16(13-18(22)24)19-3-2-10-28-19/h2-10,12-13H,11H2,1H3,(H,25,26,27). The number of halogens is 2. The molecule has 140 valence electrons. The summed E-state index contributed by atoms with van der Waals surface area (Å²) in [4.78, 5) is 8.61. The molecule has 0 saturated carbocycles. The van der Waals surface area contributed by atoms with Crippen molar-refractivity contribution in [3.63, 3.8) is 0 Å². The lowest BCUT2D eigenvalue weighted by Crippen LogP contribution is -2.03. The molecule has 6 heteroatoms. The van der Waals surface area contributed by atoms with Gasteiger partial charge in [0.05, 0.1) is 6.26 Å². The van der Waals surface area contributed by atoms with E-state index in [0.29, 0.717) is 29.4 Å². The molecule has 0 spiro atoms. The Morgan fingerprint density at radius 2 is 1.75 bits per heavy atom. The Morgan fingerprint density at radius 1 is 1.00 bits per heavy atom. The zero-order chi connectivity index (χ0) is 19.5. The van der Waals surface area contributed by atoms with Gasteiger partial charge in [-0.3, -0.25) is 0 Å². The Balaban J connectivity index is 1.57. The lowest BCUT2D eigenvalue weighted by molar-refractivity contribution is 0.572. The van der Waals surface area contributed by atoms with E-state index in [1.807, 2.05) is 31.2 Å². The van der Waals surface area contributed by atoms with Gasteiger partial charge in [0.25, 0.3) is 0 Å². The molecule has 0 aliphatic rings. The average molecular weight is 377 g/mol. The summed E-state index contributed by atoms with van der Waals surface area (Å²) in [6.07, 6.45) is 3.54. The summed E-state index contributed by atoms with van der Waals surface area (Å²) < 4.78 is 34.2. The van der Waals surface area contributed by atoms with Crippen molar-refractivity contribution in [2.75, 3.05) is 5.32 Å². The predicted molar refractivity (Wildman–Crippen MR) is 103 cm³/mol. The Morgan fingerprint density at radius 3 is 2.43 bits per heavy atom. The molecular formula is C22H17F2N3O. The van der Waals surface area contributed by atoms with E-state index in [1.54, 1.807) is 24.4 Å². The van der Waals surface area contributed by atoms with E-state index in [0.717, 1.165) is 5.56 Å². The van der Waals surface area contributed by atoms with Gasteiger partial charge in [0.1, 0.15) is 34.7 Å². The van der Waals surface area contributed by atoms with Crippen LogP contribution in [0.5, 0.6) is 0 Å². The fourth-order valence-corrected chi connectivity index (χ4v) is 2.85. The van der Waals surface area contributed by atoms with Crippen LogP contribution in [0.15, 0.2) is 71.5 Å². The molecule has 0 aliphatic carbocycles. The normalized spacial score (nSPS) is 10.8. The summed E-state index contributed by atoms with van der Waals surface area (Å²) in [5.74, 6) is -0.190. The molecule has 2 aromatic heterocycles. The second-order valence-electron chi connectivity index (χ2n) is 6.44. The van der Waals surface area contributed by atoms with Gasteiger partial charge in [-0.15, -0.1) is 0 Å². The highest BCUT2D eigenvalue weighted by Gasteiger charge is 2.14. The van der Waals surface area contributed by atoms with E-state index in [9.17, 15) is 8.78 Å².